The van der Waals surface area contributed by atoms with E-state index in [0.29, 0.717) is 0 Å². The van der Waals surface area contributed by atoms with E-state index in [9.17, 15) is 0 Å². The first-order chi connectivity index (χ1) is 10.7. The zero-order valence-electron chi connectivity index (χ0n) is 13.1. The van der Waals surface area contributed by atoms with Crippen LogP contribution in [0.4, 0.5) is 0 Å². The summed E-state index contributed by atoms with van der Waals surface area (Å²) in [6.45, 7) is 0. The molecule has 22 heavy (non-hydrogen) atoms. The Bertz CT molecular complexity index is 784. The van der Waals surface area contributed by atoms with Crippen LogP contribution in [0.15, 0.2) is 59.7 Å². The van der Waals surface area contributed by atoms with E-state index in [2.05, 4.69) is 71.1 Å². The van der Waals surface area contributed by atoms with Gasteiger partial charge >= 0.3 is 136 Å². The van der Waals surface area contributed by atoms with E-state index in [1.165, 1.54) is 17.5 Å². The SMILES string of the molecule is [CH3][Ti]1([CH3])[CH]2C(=Cc3ccccc32)CC2=Cc3ccccc3[CH]21. The summed E-state index contributed by atoms with van der Waals surface area (Å²) in [5.41, 5.74) is 9.59. The van der Waals surface area contributed by atoms with Gasteiger partial charge in [-0.1, -0.05) is 0 Å². The van der Waals surface area contributed by atoms with Gasteiger partial charge in [0.2, 0.25) is 0 Å². The summed E-state index contributed by atoms with van der Waals surface area (Å²) in [7, 11) is 0. The fourth-order valence-corrected chi connectivity index (χ4v) is 12.7. The van der Waals surface area contributed by atoms with Gasteiger partial charge in [-0.25, -0.2) is 0 Å². The molecule has 2 aromatic rings. The number of benzene rings is 2. The van der Waals surface area contributed by atoms with Crippen LogP contribution in [-0.4, -0.2) is 0 Å². The molecule has 1 aliphatic heterocycles. The molecule has 1 saturated heterocycles. The van der Waals surface area contributed by atoms with Crippen molar-refractivity contribution in [3.8, 4) is 0 Å². The van der Waals surface area contributed by atoms with Gasteiger partial charge in [0, 0.05) is 0 Å². The minimum atomic E-state index is -2.09. The Balaban J connectivity index is 1.72. The summed E-state index contributed by atoms with van der Waals surface area (Å²) in [5.74, 6) is 0. The third kappa shape index (κ3) is 1.58. The molecule has 2 atom stereocenters. The standard InChI is InChI=1S/C19H14.2CH3.Ti/c1-2-6-17-11-14(10-16(17)5-1)9-15-12-18-7-3-4-8-19(18)13-15;;;/h1-8,10-13H,9H2;2*1H3;. The molecule has 3 aliphatic rings. The van der Waals surface area contributed by atoms with Crippen LogP contribution in [0, 0.1) is 0 Å². The number of fused-ring (bicyclic) bond motifs is 6. The molecule has 0 nitrogen and oxygen atoms in total. The fourth-order valence-electron chi connectivity index (χ4n) is 5.24. The Morgan fingerprint density at radius 3 is 1.68 bits per heavy atom. The van der Waals surface area contributed by atoms with Crippen molar-refractivity contribution < 1.29 is 16.6 Å². The number of hydrogen-bond donors (Lipinski definition) is 0. The van der Waals surface area contributed by atoms with Crippen LogP contribution in [-0.2, 0) is 16.6 Å². The Hall–Kier alpha value is -1.37. The molecule has 5 rings (SSSR count). The van der Waals surface area contributed by atoms with Crippen LogP contribution in [0.25, 0.3) is 12.2 Å². The van der Waals surface area contributed by atoms with Crippen LogP contribution in [0.2, 0.25) is 10.5 Å². The second kappa shape index (κ2) is 4.34. The van der Waals surface area contributed by atoms with Crippen LogP contribution in [0.3, 0.4) is 0 Å². The van der Waals surface area contributed by atoms with Gasteiger partial charge in [-0.15, -0.1) is 0 Å². The molecule has 1 fully saturated rings. The summed E-state index contributed by atoms with van der Waals surface area (Å²) in [4.78, 5) is 0. The molecule has 0 saturated carbocycles. The number of hydrogen-bond acceptors (Lipinski definition) is 0. The Morgan fingerprint density at radius 2 is 1.18 bits per heavy atom. The van der Waals surface area contributed by atoms with Gasteiger partial charge in [0.15, 0.2) is 0 Å². The number of rotatable bonds is 0. The van der Waals surface area contributed by atoms with Crippen LogP contribution >= 0.6 is 0 Å². The van der Waals surface area contributed by atoms with Gasteiger partial charge in [-0.3, -0.25) is 0 Å². The molecule has 0 amide bonds. The maximum atomic E-state index is 2.65. The Morgan fingerprint density at radius 1 is 0.727 bits per heavy atom. The molecule has 1 heteroatoms. The van der Waals surface area contributed by atoms with E-state index in [0.717, 1.165) is 8.45 Å². The van der Waals surface area contributed by atoms with Gasteiger partial charge < -0.3 is 0 Å². The Kier molecular flexibility index (Phi) is 2.59. The van der Waals surface area contributed by atoms with Crippen molar-refractivity contribution in [3.63, 3.8) is 0 Å². The second-order valence-corrected chi connectivity index (χ2v) is 15.1. The predicted octanol–water partition coefficient (Wildman–Crippen LogP) is 5.92. The van der Waals surface area contributed by atoms with Gasteiger partial charge in [-0.05, 0) is 0 Å². The van der Waals surface area contributed by atoms with Crippen molar-refractivity contribution in [1.82, 2.24) is 0 Å². The molecular formula is C21H20Ti. The van der Waals surface area contributed by atoms with E-state index in [-0.39, 0.29) is 0 Å². The van der Waals surface area contributed by atoms with E-state index >= 15 is 0 Å². The first kappa shape index (κ1) is 13.1. The van der Waals surface area contributed by atoms with E-state index in [1.54, 1.807) is 22.3 Å². The first-order valence-corrected chi connectivity index (χ1v) is 13.2. The molecule has 0 bridgehead atoms. The van der Waals surface area contributed by atoms with E-state index in [1.807, 2.05) is 0 Å². The third-order valence-electron chi connectivity index (χ3n) is 5.93. The minimum absolute atomic E-state index is 0.754. The first-order valence-electron chi connectivity index (χ1n) is 8.25. The van der Waals surface area contributed by atoms with Crippen molar-refractivity contribution in [2.45, 2.75) is 25.3 Å². The molecule has 0 N–H and O–H groups in total. The topological polar surface area (TPSA) is 0 Å². The van der Waals surface area contributed by atoms with Gasteiger partial charge in [0.05, 0.1) is 0 Å². The fraction of sp³-hybridized carbons (Fsp3) is 0.238. The maximum absolute atomic E-state index is 2.65. The molecule has 0 aromatic heterocycles. The molecule has 2 unspecified atom stereocenters. The van der Waals surface area contributed by atoms with Crippen LogP contribution in [0.1, 0.15) is 37.1 Å². The summed E-state index contributed by atoms with van der Waals surface area (Å²) in [6.07, 6.45) is 6.17. The van der Waals surface area contributed by atoms with Gasteiger partial charge in [0.25, 0.3) is 0 Å². The summed E-state index contributed by atoms with van der Waals surface area (Å²) in [5, 5.41) is 5.31. The summed E-state index contributed by atoms with van der Waals surface area (Å²) < 4.78 is 1.51. The van der Waals surface area contributed by atoms with Crippen molar-refractivity contribution in [3.05, 3.63) is 81.9 Å². The van der Waals surface area contributed by atoms with Gasteiger partial charge in [0.1, 0.15) is 0 Å². The molecule has 108 valence electrons. The van der Waals surface area contributed by atoms with E-state index < -0.39 is 16.6 Å². The molecule has 2 aromatic carbocycles. The van der Waals surface area contributed by atoms with Crippen molar-refractivity contribution in [2.75, 3.05) is 0 Å². The Labute approximate surface area is 135 Å². The average Bonchev–Trinajstić information content (AvgIpc) is 3.05. The third-order valence-corrected chi connectivity index (χ3v) is 12.7. The normalized spacial score (nSPS) is 26.5. The van der Waals surface area contributed by atoms with Crippen LogP contribution in [0.5, 0.6) is 0 Å². The molecule has 0 radical (unpaired) electrons. The van der Waals surface area contributed by atoms with Crippen LogP contribution < -0.4 is 0 Å². The summed E-state index contributed by atoms with van der Waals surface area (Å²) >= 11 is -2.09. The molecule has 2 aliphatic carbocycles. The quantitative estimate of drug-likeness (QED) is 0.529. The monoisotopic (exact) mass is 320 g/mol. The summed E-state index contributed by atoms with van der Waals surface area (Å²) in [6, 6.07) is 18.2. The second-order valence-electron chi connectivity index (χ2n) is 7.56. The molecule has 1 heterocycles. The molecular weight excluding hydrogens is 300 g/mol. The zero-order valence-corrected chi connectivity index (χ0v) is 14.7. The van der Waals surface area contributed by atoms with E-state index in [4.69, 9.17) is 0 Å². The van der Waals surface area contributed by atoms with Crippen molar-refractivity contribution in [1.29, 1.82) is 0 Å². The zero-order chi connectivity index (χ0) is 14.9. The number of allylic oxidation sites excluding steroid dienone is 2. The van der Waals surface area contributed by atoms with Gasteiger partial charge in [-0.2, -0.15) is 0 Å². The molecule has 0 spiro atoms. The predicted molar refractivity (Wildman–Crippen MR) is 90.7 cm³/mol. The average molecular weight is 320 g/mol. The van der Waals surface area contributed by atoms with Crippen molar-refractivity contribution >= 4 is 12.2 Å². The van der Waals surface area contributed by atoms with Crippen molar-refractivity contribution in [2.24, 2.45) is 0 Å².